The summed E-state index contributed by atoms with van der Waals surface area (Å²) in [5.74, 6) is 1.81. The number of benzene rings is 1. The quantitative estimate of drug-likeness (QED) is 0.200. The van der Waals surface area contributed by atoms with Gasteiger partial charge in [0.05, 0.1) is 13.2 Å². The zero-order chi connectivity index (χ0) is 27.0. The molecule has 4 rings (SSSR count). The SMILES string of the molecule is C/C(=N/C(=N)c1nc(-c2ccc(OC(C)(F)P)cc2)no1)NCc1ccnc(NCCN2CCOCC2)c1. The van der Waals surface area contributed by atoms with Crippen LogP contribution in [0.2, 0.25) is 0 Å². The van der Waals surface area contributed by atoms with Gasteiger partial charge in [0.2, 0.25) is 11.7 Å². The highest BCUT2D eigenvalue weighted by atomic mass is 31.0. The molecule has 1 saturated heterocycles. The van der Waals surface area contributed by atoms with Crippen LogP contribution in [0.15, 0.2) is 52.1 Å². The van der Waals surface area contributed by atoms with E-state index >= 15 is 0 Å². The van der Waals surface area contributed by atoms with Crippen molar-refractivity contribution in [2.75, 3.05) is 44.7 Å². The molecule has 1 aliphatic heterocycles. The summed E-state index contributed by atoms with van der Waals surface area (Å²) in [6.45, 7) is 8.81. The Labute approximate surface area is 222 Å². The maximum Gasteiger partial charge on any atom is 0.295 e. The lowest BCUT2D eigenvalue weighted by Crippen LogP contribution is -2.39. The summed E-state index contributed by atoms with van der Waals surface area (Å²) in [6, 6.07) is 10.5. The molecule has 13 heteroatoms. The summed E-state index contributed by atoms with van der Waals surface area (Å²) in [7, 11) is 1.98. The Morgan fingerprint density at radius 3 is 2.76 bits per heavy atom. The van der Waals surface area contributed by atoms with Crippen molar-refractivity contribution in [3.8, 4) is 17.1 Å². The van der Waals surface area contributed by atoms with E-state index in [9.17, 15) is 4.39 Å². The third-order valence-corrected chi connectivity index (χ3v) is 5.67. The first-order valence-electron chi connectivity index (χ1n) is 12.2. The number of rotatable bonds is 10. The number of aliphatic imine (C=N–C) groups is 1. The van der Waals surface area contributed by atoms with E-state index in [2.05, 4.69) is 35.7 Å². The highest BCUT2D eigenvalue weighted by molar-refractivity contribution is 7.18. The van der Waals surface area contributed by atoms with E-state index in [4.69, 9.17) is 19.4 Å². The number of nitrogens with one attached hydrogen (secondary N) is 3. The third-order valence-electron chi connectivity index (χ3n) is 5.55. The molecule has 1 aliphatic rings. The number of nitrogens with zero attached hydrogens (tertiary/aromatic N) is 5. The van der Waals surface area contributed by atoms with E-state index in [1.165, 1.54) is 6.92 Å². The van der Waals surface area contributed by atoms with Gasteiger partial charge in [-0.1, -0.05) is 14.4 Å². The number of morpholine rings is 1. The molecule has 0 amide bonds. The Bertz CT molecular complexity index is 1240. The first-order valence-corrected chi connectivity index (χ1v) is 12.8. The van der Waals surface area contributed by atoms with E-state index in [0.29, 0.717) is 23.7 Å². The molecule has 2 atom stereocenters. The summed E-state index contributed by atoms with van der Waals surface area (Å²) in [5.41, 5.74) is -0.202. The minimum Gasteiger partial charge on any atom is -0.455 e. The van der Waals surface area contributed by atoms with Crippen molar-refractivity contribution < 1.29 is 18.4 Å². The van der Waals surface area contributed by atoms with E-state index in [-0.39, 0.29) is 17.6 Å². The van der Waals surface area contributed by atoms with E-state index < -0.39 is 5.60 Å². The fourth-order valence-corrected chi connectivity index (χ4v) is 3.81. The number of amidine groups is 2. The fourth-order valence-electron chi connectivity index (χ4n) is 3.67. The number of anilines is 1. The standard InChI is InChI=1S/C25H32FN8O3P/c1-17(30-16-18-7-8-28-21(15-18)29-9-10-34-11-13-35-14-12-34)31-22(27)24-32-23(33-37-24)19-3-5-20(6-4-19)36-25(2,26)38/h3-8,15H,9-14,16,38H2,1-2H3,(H,28,29)(H2,27,30,31). The van der Waals surface area contributed by atoms with Crippen LogP contribution in [-0.2, 0) is 11.3 Å². The Kier molecular flexibility index (Phi) is 9.33. The van der Waals surface area contributed by atoms with Crippen molar-refractivity contribution in [2.45, 2.75) is 26.0 Å². The van der Waals surface area contributed by atoms with Crippen LogP contribution in [0, 0.1) is 5.41 Å². The first-order chi connectivity index (χ1) is 18.2. The van der Waals surface area contributed by atoms with Gasteiger partial charge in [0.15, 0.2) is 0 Å². The highest BCUT2D eigenvalue weighted by Gasteiger charge is 2.18. The molecule has 0 saturated carbocycles. The monoisotopic (exact) mass is 542 g/mol. The first kappa shape index (κ1) is 27.6. The van der Waals surface area contributed by atoms with Gasteiger partial charge in [-0.05, 0) is 48.9 Å². The highest BCUT2D eigenvalue weighted by Crippen LogP contribution is 2.27. The molecule has 0 spiro atoms. The van der Waals surface area contributed by atoms with Gasteiger partial charge in [0, 0.05) is 51.4 Å². The van der Waals surface area contributed by atoms with Crippen LogP contribution in [0.1, 0.15) is 25.3 Å². The predicted molar refractivity (Wildman–Crippen MR) is 146 cm³/mol. The van der Waals surface area contributed by atoms with Crippen molar-refractivity contribution in [3.63, 3.8) is 0 Å². The molecule has 1 fully saturated rings. The minimum atomic E-state index is -1.86. The van der Waals surface area contributed by atoms with Gasteiger partial charge in [0.1, 0.15) is 17.4 Å². The number of ether oxygens (including phenoxy) is 2. The zero-order valence-corrected chi connectivity index (χ0v) is 22.6. The summed E-state index contributed by atoms with van der Waals surface area (Å²) < 4.78 is 29.3. The van der Waals surface area contributed by atoms with Crippen molar-refractivity contribution in [2.24, 2.45) is 4.99 Å². The van der Waals surface area contributed by atoms with Gasteiger partial charge in [-0.3, -0.25) is 10.3 Å². The van der Waals surface area contributed by atoms with Gasteiger partial charge in [-0.15, -0.1) is 0 Å². The molecular formula is C25H32FN8O3P. The largest absolute Gasteiger partial charge is 0.455 e. The molecule has 3 N–H and O–H groups in total. The van der Waals surface area contributed by atoms with Crippen molar-refractivity contribution >= 4 is 26.7 Å². The van der Waals surface area contributed by atoms with Gasteiger partial charge in [0.25, 0.3) is 11.5 Å². The predicted octanol–water partition coefficient (Wildman–Crippen LogP) is 3.31. The van der Waals surface area contributed by atoms with Crippen LogP contribution >= 0.6 is 9.24 Å². The molecule has 3 heterocycles. The second-order valence-electron chi connectivity index (χ2n) is 8.86. The molecule has 0 aliphatic carbocycles. The Morgan fingerprint density at radius 1 is 1.26 bits per heavy atom. The fraction of sp³-hybridized carbons (Fsp3) is 0.400. The topological polar surface area (TPSA) is 134 Å². The summed E-state index contributed by atoms with van der Waals surface area (Å²) >= 11 is 0. The third kappa shape index (κ3) is 8.54. The molecule has 0 bridgehead atoms. The van der Waals surface area contributed by atoms with E-state index in [1.54, 1.807) is 37.4 Å². The van der Waals surface area contributed by atoms with Crippen LogP contribution in [0.25, 0.3) is 11.4 Å². The van der Waals surface area contributed by atoms with E-state index in [1.807, 2.05) is 21.4 Å². The van der Waals surface area contributed by atoms with Gasteiger partial charge >= 0.3 is 0 Å². The van der Waals surface area contributed by atoms with E-state index in [0.717, 1.165) is 50.8 Å². The summed E-state index contributed by atoms with van der Waals surface area (Å²) in [6.07, 6.45) is 1.76. The molecule has 3 aromatic rings. The van der Waals surface area contributed by atoms with Crippen LogP contribution < -0.4 is 15.4 Å². The number of halogens is 1. The maximum atomic E-state index is 13.6. The second kappa shape index (κ2) is 12.9. The molecule has 2 aromatic heterocycles. The number of alkyl halides is 1. The number of pyridine rings is 1. The molecule has 38 heavy (non-hydrogen) atoms. The Balaban J connectivity index is 1.27. The van der Waals surface area contributed by atoms with Gasteiger partial charge in [-0.2, -0.15) is 9.37 Å². The van der Waals surface area contributed by atoms with Crippen LogP contribution in [0.4, 0.5) is 10.2 Å². The maximum absolute atomic E-state index is 13.6. The second-order valence-corrected chi connectivity index (χ2v) is 9.90. The molecule has 1 aromatic carbocycles. The lowest BCUT2D eigenvalue weighted by atomic mass is 10.2. The van der Waals surface area contributed by atoms with Crippen LogP contribution in [-0.4, -0.2) is 76.7 Å². The Morgan fingerprint density at radius 2 is 2.03 bits per heavy atom. The smallest absolute Gasteiger partial charge is 0.295 e. The molecule has 202 valence electrons. The van der Waals surface area contributed by atoms with Crippen molar-refractivity contribution in [1.29, 1.82) is 5.41 Å². The molecule has 0 radical (unpaired) electrons. The number of hydrogen-bond donors (Lipinski definition) is 3. The van der Waals surface area contributed by atoms with Gasteiger partial charge < -0.3 is 24.6 Å². The van der Waals surface area contributed by atoms with Crippen molar-refractivity contribution in [3.05, 3.63) is 54.0 Å². The van der Waals surface area contributed by atoms with Crippen LogP contribution in [0.3, 0.4) is 0 Å². The lowest BCUT2D eigenvalue weighted by Gasteiger charge is -2.26. The van der Waals surface area contributed by atoms with Gasteiger partial charge in [-0.25, -0.2) is 9.98 Å². The number of aromatic nitrogens is 3. The molecule has 11 nitrogen and oxygen atoms in total. The number of hydrogen-bond acceptors (Lipinski definition) is 9. The molecule has 2 unspecified atom stereocenters. The summed E-state index contributed by atoms with van der Waals surface area (Å²) in [5, 5.41) is 18.7. The van der Waals surface area contributed by atoms with Crippen LogP contribution in [0.5, 0.6) is 5.75 Å². The summed E-state index contributed by atoms with van der Waals surface area (Å²) in [4.78, 5) is 15.2. The molecular weight excluding hydrogens is 510 g/mol. The normalized spacial score (nSPS) is 16.1. The minimum absolute atomic E-state index is 0.0153. The zero-order valence-electron chi connectivity index (χ0n) is 21.4. The Hall–Kier alpha value is -3.47. The lowest BCUT2D eigenvalue weighted by molar-refractivity contribution is 0.0398. The van der Waals surface area contributed by atoms with Crippen molar-refractivity contribution in [1.82, 2.24) is 25.3 Å². The average molecular weight is 543 g/mol. The average Bonchev–Trinajstić information content (AvgIpc) is 3.39.